The van der Waals surface area contributed by atoms with Gasteiger partial charge in [-0.05, 0) is 59.8 Å². The van der Waals surface area contributed by atoms with Crippen LogP contribution in [0.2, 0.25) is 0 Å². The average molecular weight is 486 g/mol. The zero-order valence-electron chi connectivity index (χ0n) is 17.5. The van der Waals surface area contributed by atoms with Crippen molar-refractivity contribution >= 4 is 39.5 Å². The first kappa shape index (κ1) is 24.2. The molecule has 162 valence electrons. The highest BCUT2D eigenvalue weighted by atomic mass is 79.9. The van der Waals surface area contributed by atoms with E-state index in [2.05, 4.69) is 45.3 Å². The summed E-state index contributed by atoms with van der Waals surface area (Å²) in [7, 11) is 0. The first-order valence-corrected chi connectivity index (χ1v) is 12.2. The van der Waals surface area contributed by atoms with Gasteiger partial charge in [0.1, 0.15) is 6.04 Å². The molecule has 2 rings (SSSR count). The molecule has 0 spiro atoms. The predicted molar refractivity (Wildman–Crippen MR) is 122 cm³/mol. The summed E-state index contributed by atoms with van der Waals surface area (Å²) in [5, 5.41) is 6.01. The third-order valence-corrected chi connectivity index (χ3v) is 6.87. The number of halogens is 1. The second-order valence-corrected chi connectivity index (χ2v) is 9.30. The molecule has 0 aliphatic carbocycles. The van der Waals surface area contributed by atoms with E-state index in [1.54, 1.807) is 17.8 Å². The molecular weight excluding hydrogens is 454 g/mol. The highest BCUT2D eigenvalue weighted by Crippen LogP contribution is 2.20. The van der Waals surface area contributed by atoms with Gasteiger partial charge in [-0.2, -0.15) is 11.8 Å². The van der Waals surface area contributed by atoms with Crippen molar-refractivity contribution in [3.63, 3.8) is 0 Å². The number of nitrogens with one attached hydrogen (secondary N) is 2. The van der Waals surface area contributed by atoms with Gasteiger partial charge in [0.15, 0.2) is 0 Å². The number of thioether (sulfide) groups is 1. The third-order valence-electron chi connectivity index (χ3n) is 5.53. The Labute approximate surface area is 186 Å². The lowest BCUT2D eigenvalue weighted by Crippen LogP contribution is -2.58. The Morgan fingerprint density at radius 2 is 2.00 bits per heavy atom. The smallest absolute Gasteiger partial charge is 0.253 e. The molecule has 1 heterocycles. The van der Waals surface area contributed by atoms with E-state index < -0.39 is 6.04 Å². The minimum atomic E-state index is -0.562. The van der Waals surface area contributed by atoms with Crippen molar-refractivity contribution in [3.05, 3.63) is 34.3 Å². The molecule has 1 aliphatic heterocycles. The monoisotopic (exact) mass is 485 g/mol. The summed E-state index contributed by atoms with van der Waals surface area (Å²) < 4.78 is 6.18. The van der Waals surface area contributed by atoms with Crippen LogP contribution < -0.4 is 10.6 Å². The fourth-order valence-electron chi connectivity index (χ4n) is 3.35. The van der Waals surface area contributed by atoms with Crippen molar-refractivity contribution in [2.24, 2.45) is 0 Å². The van der Waals surface area contributed by atoms with Crippen LogP contribution in [-0.4, -0.2) is 73.2 Å². The van der Waals surface area contributed by atoms with Gasteiger partial charge >= 0.3 is 0 Å². The second-order valence-electron chi connectivity index (χ2n) is 7.46. The van der Waals surface area contributed by atoms with Gasteiger partial charge < -0.3 is 15.4 Å². The van der Waals surface area contributed by atoms with Crippen LogP contribution in [0.5, 0.6) is 0 Å². The number of hydrogen-bond donors (Lipinski definition) is 2. The first-order valence-electron chi connectivity index (χ1n) is 10.1. The lowest BCUT2D eigenvalue weighted by Gasteiger charge is -2.43. The largest absolute Gasteiger partial charge is 0.379 e. The molecule has 1 saturated heterocycles. The van der Waals surface area contributed by atoms with Crippen LogP contribution in [0, 0.1) is 0 Å². The molecule has 8 heteroatoms. The normalized spacial score (nSPS) is 17.9. The Hall–Kier alpha value is -1.09. The number of hydrogen-bond acceptors (Lipinski definition) is 5. The molecule has 1 aromatic carbocycles. The van der Waals surface area contributed by atoms with E-state index in [0.29, 0.717) is 23.0 Å². The van der Waals surface area contributed by atoms with Gasteiger partial charge in [-0.15, -0.1) is 0 Å². The van der Waals surface area contributed by atoms with Gasteiger partial charge in [-0.3, -0.25) is 14.5 Å². The molecule has 2 N–H and O–H groups in total. The Morgan fingerprint density at radius 3 is 2.62 bits per heavy atom. The molecule has 2 amide bonds. The number of carbonyl (C=O) groups is 2. The van der Waals surface area contributed by atoms with Gasteiger partial charge in [0, 0.05) is 29.6 Å². The summed E-state index contributed by atoms with van der Waals surface area (Å²) in [6.07, 6.45) is 3.51. The maximum Gasteiger partial charge on any atom is 0.253 e. The molecule has 1 aromatic rings. The lowest BCUT2D eigenvalue weighted by molar-refractivity contribution is -0.124. The predicted octanol–water partition coefficient (Wildman–Crippen LogP) is 2.92. The van der Waals surface area contributed by atoms with Crippen molar-refractivity contribution in [1.29, 1.82) is 0 Å². The SMILES string of the molecule is CCC(C)(CNC(=O)C(CCSC)NC(=O)c1ccccc1Br)N1CCOCC1. The third kappa shape index (κ3) is 6.98. The van der Waals surface area contributed by atoms with Gasteiger partial charge in [0.2, 0.25) is 5.91 Å². The molecule has 2 atom stereocenters. The van der Waals surface area contributed by atoms with Gasteiger partial charge in [0.05, 0.1) is 18.8 Å². The summed E-state index contributed by atoms with van der Waals surface area (Å²) in [5.41, 5.74) is 0.400. The Balaban J connectivity index is 2.02. The molecule has 0 bridgehead atoms. The van der Waals surface area contributed by atoms with E-state index in [1.165, 1.54) is 0 Å². The summed E-state index contributed by atoms with van der Waals surface area (Å²) in [6.45, 7) is 8.05. The van der Waals surface area contributed by atoms with E-state index in [-0.39, 0.29) is 17.4 Å². The molecular formula is C21H32BrN3O3S. The van der Waals surface area contributed by atoms with Crippen LogP contribution in [0.1, 0.15) is 37.0 Å². The molecule has 1 aliphatic rings. The number of carbonyl (C=O) groups excluding carboxylic acids is 2. The van der Waals surface area contributed by atoms with Crippen LogP contribution in [0.4, 0.5) is 0 Å². The van der Waals surface area contributed by atoms with E-state index in [1.807, 2.05) is 24.5 Å². The highest BCUT2D eigenvalue weighted by molar-refractivity contribution is 9.10. The zero-order chi connectivity index (χ0) is 21.3. The molecule has 0 saturated carbocycles. The van der Waals surface area contributed by atoms with Crippen molar-refractivity contribution in [2.45, 2.75) is 38.3 Å². The quantitative estimate of drug-likeness (QED) is 0.532. The summed E-state index contributed by atoms with van der Waals surface area (Å²) in [6, 6.07) is 6.67. The number of benzene rings is 1. The molecule has 0 aromatic heterocycles. The van der Waals surface area contributed by atoms with E-state index >= 15 is 0 Å². The summed E-state index contributed by atoms with van der Waals surface area (Å²) in [5.74, 6) is 0.417. The molecule has 2 unspecified atom stereocenters. The van der Waals surface area contributed by atoms with Crippen LogP contribution >= 0.6 is 27.7 Å². The van der Waals surface area contributed by atoms with E-state index in [9.17, 15) is 9.59 Å². The topological polar surface area (TPSA) is 70.7 Å². The maximum absolute atomic E-state index is 13.0. The number of morpholine rings is 1. The molecule has 6 nitrogen and oxygen atoms in total. The Morgan fingerprint density at radius 1 is 1.31 bits per heavy atom. The second kappa shape index (κ2) is 11.9. The van der Waals surface area contributed by atoms with Crippen LogP contribution in [0.3, 0.4) is 0 Å². The fourth-order valence-corrected chi connectivity index (χ4v) is 4.29. The van der Waals surface area contributed by atoms with Crippen molar-refractivity contribution < 1.29 is 14.3 Å². The standard InChI is InChI=1S/C21H32BrN3O3S/c1-4-21(2,25-10-12-28-13-11-25)15-23-20(27)18(9-14-29-3)24-19(26)16-7-5-6-8-17(16)22/h5-8,18H,4,9-15H2,1-3H3,(H,23,27)(H,24,26). The summed E-state index contributed by atoms with van der Waals surface area (Å²) >= 11 is 5.07. The number of ether oxygens (including phenoxy) is 1. The number of amides is 2. The number of nitrogens with zero attached hydrogens (tertiary/aromatic N) is 1. The van der Waals surface area contributed by atoms with Gasteiger partial charge in [-0.25, -0.2) is 0 Å². The van der Waals surface area contributed by atoms with Crippen molar-refractivity contribution in [3.8, 4) is 0 Å². The molecule has 29 heavy (non-hydrogen) atoms. The maximum atomic E-state index is 13.0. The van der Waals surface area contributed by atoms with Gasteiger partial charge in [-0.1, -0.05) is 19.1 Å². The molecule has 0 radical (unpaired) electrons. The minimum Gasteiger partial charge on any atom is -0.379 e. The highest BCUT2D eigenvalue weighted by Gasteiger charge is 2.32. The van der Waals surface area contributed by atoms with Crippen LogP contribution in [0.25, 0.3) is 0 Å². The number of rotatable bonds is 10. The Bertz CT molecular complexity index is 685. The average Bonchev–Trinajstić information content (AvgIpc) is 2.75. The van der Waals surface area contributed by atoms with Crippen molar-refractivity contribution in [1.82, 2.24) is 15.5 Å². The van der Waals surface area contributed by atoms with Gasteiger partial charge in [0.25, 0.3) is 5.91 Å². The first-order chi connectivity index (χ1) is 13.9. The van der Waals surface area contributed by atoms with E-state index in [0.717, 1.165) is 38.5 Å². The Kier molecular flexibility index (Phi) is 9.95. The van der Waals surface area contributed by atoms with Crippen molar-refractivity contribution in [2.75, 3.05) is 44.9 Å². The summed E-state index contributed by atoms with van der Waals surface area (Å²) in [4.78, 5) is 28.0. The zero-order valence-corrected chi connectivity index (χ0v) is 19.9. The lowest BCUT2D eigenvalue weighted by atomic mass is 9.95. The van der Waals surface area contributed by atoms with E-state index in [4.69, 9.17) is 4.74 Å². The van der Waals surface area contributed by atoms with Crippen LogP contribution in [-0.2, 0) is 9.53 Å². The molecule has 1 fully saturated rings. The van der Waals surface area contributed by atoms with Crippen LogP contribution in [0.15, 0.2) is 28.7 Å². The fraction of sp³-hybridized carbons (Fsp3) is 0.619. The minimum absolute atomic E-state index is 0.129.